The Morgan fingerprint density at radius 1 is 1.04 bits per heavy atom. The molecule has 3 aromatic carbocycles. The third-order valence-electron chi connectivity index (χ3n) is 8.05. The second-order valence-electron chi connectivity index (χ2n) is 10.8. The van der Waals surface area contributed by atoms with Crippen LogP contribution in [0.5, 0.6) is 11.5 Å². The lowest BCUT2D eigenvalue weighted by molar-refractivity contribution is -0.384. The monoisotopic (exact) mass is 652 g/mol. The average molecular weight is 653 g/mol. The maximum Gasteiger partial charge on any atom is 0.337 e. The number of benzene rings is 3. The standard InChI is InChI=1S/C35H32N4O7S/c1-5-45-29-16-13-23(17-30(29)46-6-2)32-27(34(41)44-4)19-36-35-38(32)33(40)31(47-35)18-26-21(3)37(28-10-8-7-9-25(26)28)20-22-11-14-24(15-12-22)39(42)43/h7-19,32H,5-6,20H2,1-4H3/b31-18-/t32-/m0/s1. The molecule has 0 spiro atoms. The normalized spacial score (nSPS) is 14.3. The topological polar surface area (TPSA) is 127 Å². The fourth-order valence-corrected chi connectivity index (χ4v) is 6.82. The summed E-state index contributed by atoms with van der Waals surface area (Å²) in [4.78, 5) is 42.9. The zero-order chi connectivity index (χ0) is 33.2. The summed E-state index contributed by atoms with van der Waals surface area (Å²) in [7, 11) is 1.30. The van der Waals surface area contributed by atoms with E-state index in [-0.39, 0.29) is 16.8 Å². The molecule has 2 aromatic heterocycles. The first kappa shape index (κ1) is 31.5. The van der Waals surface area contributed by atoms with Crippen LogP contribution in [0.2, 0.25) is 0 Å². The number of nitrogens with zero attached hydrogens (tertiary/aromatic N) is 4. The number of rotatable bonds is 10. The number of methoxy groups -OCH3 is 1. The molecule has 0 saturated heterocycles. The Labute approximate surface area is 273 Å². The molecule has 0 radical (unpaired) electrons. The first-order chi connectivity index (χ1) is 22.7. The highest BCUT2D eigenvalue weighted by molar-refractivity contribution is 7.07. The minimum absolute atomic E-state index is 0.0342. The first-order valence-electron chi connectivity index (χ1n) is 15.1. The number of thiazole rings is 1. The molecule has 5 aromatic rings. The van der Waals surface area contributed by atoms with Crippen LogP contribution in [-0.2, 0) is 16.1 Å². The van der Waals surface area contributed by atoms with Gasteiger partial charge in [0.05, 0.1) is 41.4 Å². The van der Waals surface area contributed by atoms with Gasteiger partial charge in [-0.25, -0.2) is 9.79 Å². The summed E-state index contributed by atoms with van der Waals surface area (Å²) < 4.78 is 20.8. The van der Waals surface area contributed by atoms with E-state index in [1.54, 1.807) is 24.3 Å². The Hall–Kier alpha value is -5.49. The van der Waals surface area contributed by atoms with Gasteiger partial charge in [0.25, 0.3) is 11.2 Å². The number of esters is 1. The van der Waals surface area contributed by atoms with E-state index in [0.29, 0.717) is 46.2 Å². The van der Waals surface area contributed by atoms with Crippen molar-refractivity contribution in [3.05, 3.63) is 131 Å². The number of nitro benzene ring substituents is 1. The van der Waals surface area contributed by atoms with Gasteiger partial charge in [-0.15, -0.1) is 0 Å². The zero-order valence-electron chi connectivity index (χ0n) is 26.3. The zero-order valence-corrected chi connectivity index (χ0v) is 27.1. The minimum Gasteiger partial charge on any atom is -0.490 e. The molecule has 0 bridgehead atoms. The van der Waals surface area contributed by atoms with E-state index in [1.807, 2.05) is 57.2 Å². The van der Waals surface area contributed by atoms with E-state index >= 15 is 0 Å². The number of nitro groups is 1. The summed E-state index contributed by atoms with van der Waals surface area (Å²) in [6.45, 7) is 7.09. The lowest BCUT2D eigenvalue weighted by Crippen LogP contribution is -2.39. The van der Waals surface area contributed by atoms with E-state index in [0.717, 1.165) is 27.7 Å². The van der Waals surface area contributed by atoms with Crippen LogP contribution in [-0.4, -0.2) is 40.4 Å². The number of fused-ring (bicyclic) bond motifs is 2. The molecule has 0 unspecified atom stereocenters. The van der Waals surface area contributed by atoms with Gasteiger partial charge < -0.3 is 18.8 Å². The molecule has 0 N–H and O–H groups in total. The van der Waals surface area contributed by atoms with Crippen molar-refractivity contribution in [3.8, 4) is 11.5 Å². The molecule has 0 fully saturated rings. The molecular weight excluding hydrogens is 620 g/mol. The van der Waals surface area contributed by atoms with E-state index in [2.05, 4.69) is 9.56 Å². The predicted molar refractivity (Wildman–Crippen MR) is 179 cm³/mol. The molecule has 0 amide bonds. The maximum absolute atomic E-state index is 14.3. The molecule has 1 aliphatic rings. The highest BCUT2D eigenvalue weighted by Crippen LogP contribution is 2.35. The fourth-order valence-electron chi connectivity index (χ4n) is 5.87. The van der Waals surface area contributed by atoms with Crippen molar-refractivity contribution in [2.45, 2.75) is 33.4 Å². The summed E-state index contributed by atoms with van der Waals surface area (Å²) in [5.74, 6) is 0.478. The largest absolute Gasteiger partial charge is 0.490 e. The van der Waals surface area contributed by atoms with Crippen molar-refractivity contribution in [3.63, 3.8) is 0 Å². The van der Waals surface area contributed by atoms with Gasteiger partial charge in [-0.3, -0.25) is 19.5 Å². The molecule has 0 saturated carbocycles. The molecule has 240 valence electrons. The third-order valence-corrected chi connectivity index (χ3v) is 9.05. The lowest BCUT2D eigenvalue weighted by atomic mass is 9.97. The van der Waals surface area contributed by atoms with Crippen LogP contribution in [0.1, 0.15) is 42.3 Å². The molecule has 12 heteroatoms. The Morgan fingerprint density at radius 2 is 1.77 bits per heavy atom. The van der Waals surface area contributed by atoms with Crippen LogP contribution in [0.25, 0.3) is 17.0 Å². The number of carbonyl (C=O) groups is 1. The summed E-state index contributed by atoms with van der Waals surface area (Å²) in [5.41, 5.74) is 4.26. The van der Waals surface area contributed by atoms with Crippen LogP contribution in [0, 0.1) is 17.0 Å². The molecule has 6 rings (SSSR count). The summed E-state index contributed by atoms with van der Waals surface area (Å²) in [6, 6.07) is 19.0. The first-order valence-corrected chi connectivity index (χ1v) is 15.9. The molecule has 11 nitrogen and oxygen atoms in total. The molecular formula is C35H32N4O7S. The Balaban J connectivity index is 1.49. The second kappa shape index (κ2) is 13.1. The Bertz CT molecular complexity index is 2230. The smallest absolute Gasteiger partial charge is 0.337 e. The number of hydrogen-bond acceptors (Lipinski definition) is 9. The van der Waals surface area contributed by atoms with Gasteiger partial charge in [0, 0.05) is 47.0 Å². The SMILES string of the molecule is CCOc1ccc([C@H]2C(C(=O)OC)=CN=c3s/c(=C\c4c(C)n(Cc5ccc([N+](=O)[O-])cc5)c5ccccc45)c(=O)n32)cc1OCC. The van der Waals surface area contributed by atoms with E-state index in [1.165, 1.54) is 41.3 Å². The minimum atomic E-state index is -0.805. The van der Waals surface area contributed by atoms with Crippen molar-refractivity contribution in [1.82, 2.24) is 9.13 Å². The van der Waals surface area contributed by atoms with Gasteiger partial charge in [-0.1, -0.05) is 47.7 Å². The number of carbonyl (C=O) groups excluding carboxylic acids is 1. The van der Waals surface area contributed by atoms with Gasteiger partial charge in [0.2, 0.25) is 0 Å². The van der Waals surface area contributed by atoms with Crippen molar-refractivity contribution in [2.75, 3.05) is 20.3 Å². The van der Waals surface area contributed by atoms with E-state index in [4.69, 9.17) is 14.2 Å². The lowest BCUT2D eigenvalue weighted by Gasteiger charge is -2.23. The summed E-state index contributed by atoms with van der Waals surface area (Å²) in [6.07, 6.45) is 3.33. The molecule has 1 atom stereocenters. The van der Waals surface area contributed by atoms with Crippen molar-refractivity contribution >= 4 is 40.0 Å². The van der Waals surface area contributed by atoms with Gasteiger partial charge >= 0.3 is 5.97 Å². The van der Waals surface area contributed by atoms with Crippen LogP contribution in [0.3, 0.4) is 0 Å². The van der Waals surface area contributed by atoms with Crippen molar-refractivity contribution in [1.29, 1.82) is 0 Å². The Kier molecular flexibility index (Phi) is 8.77. The van der Waals surface area contributed by atoms with E-state index < -0.39 is 16.9 Å². The van der Waals surface area contributed by atoms with Crippen molar-refractivity contribution in [2.24, 2.45) is 4.99 Å². The van der Waals surface area contributed by atoms with Gasteiger partial charge in [0.1, 0.15) is 0 Å². The highest BCUT2D eigenvalue weighted by Gasteiger charge is 2.31. The molecule has 3 heterocycles. The second-order valence-corrected chi connectivity index (χ2v) is 11.8. The van der Waals surface area contributed by atoms with Crippen LogP contribution in [0.15, 0.2) is 88.3 Å². The van der Waals surface area contributed by atoms with Crippen LogP contribution in [0.4, 0.5) is 5.69 Å². The molecule has 47 heavy (non-hydrogen) atoms. The molecule has 1 aliphatic heterocycles. The number of hydrogen-bond donors (Lipinski definition) is 0. The van der Waals surface area contributed by atoms with E-state index in [9.17, 15) is 19.7 Å². The quantitative estimate of drug-likeness (QED) is 0.118. The van der Waals surface area contributed by atoms with Gasteiger partial charge in [0.15, 0.2) is 16.3 Å². The van der Waals surface area contributed by atoms with Crippen molar-refractivity contribution < 1.29 is 23.9 Å². The van der Waals surface area contributed by atoms with Gasteiger partial charge in [-0.2, -0.15) is 0 Å². The Morgan fingerprint density at radius 3 is 2.47 bits per heavy atom. The molecule has 0 aliphatic carbocycles. The summed E-state index contributed by atoms with van der Waals surface area (Å²) in [5, 5.41) is 12.1. The maximum atomic E-state index is 14.3. The van der Waals surface area contributed by atoms with Crippen LogP contribution < -0.4 is 24.4 Å². The van der Waals surface area contributed by atoms with Gasteiger partial charge in [-0.05, 0) is 56.2 Å². The number of aromatic nitrogens is 2. The number of non-ortho nitro benzene ring substituents is 1. The third kappa shape index (κ3) is 5.83. The highest BCUT2D eigenvalue weighted by atomic mass is 32.1. The number of para-hydroxylation sites is 1. The van der Waals surface area contributed by atoms with Crippen LogP contribution >= 0.6 is 11.3 Å². The predicted octanol–water partition coefficient (Wildman–Crippen LogP) is 5.04. The average Bonchev–Trinajstić information content (AvgIpc) is 3.54. The fraction of sp³-hybridized carbons (Fsp3) is 0.229. The number of ether oxygens (including phenoxy) is 3. The summed E-state index contributed by atoms with van der Waals surface area (Å²) >= 11 is 1.24.